The van der Waals surface area contributed by atoms with E-state index in [1.54, 1.807) is 0 Å². The van der Waals surface area contributed by atoms with Crippen LogP contribution in [-0.4, -0.2) is 5.11 Å². The number of phenols is 1. The standard InChI is InChI=1S/C11H9BrFNOS.ClH/c12-9-7(13)4-3-6(11(9)15)10(14)8-2-1-5-16-8;/h1-5,10,15H,14H2;1H/t10-;/m0./s1. The lowest BCUT2D eigenvalue weighted by Crippen LogP contribution is -2.10. The fourth-order valence-corrected chi connectivity index (χ4v) is 2.53. The SMILES string of the molecule is Cl.N[C@H](c1cccs1)c1ccc(F)c(Br)c1O. The maximum absolute atomic E-state index is 13.1. The van der Waals surface area contributed by atoms with Crippen molar-refractivity contribution in [3.63, 3.8) is 0 Å². The van der Waals surface area contributed by atoms with Gasteiger partial charge in [-0.05, 0) is 33.4 Å². The summed E-state index contributed by atoms with van der Waals surface area (Å²) >= 11 is 4.48. The smallest absolute Gasteiger partial charge is 0.141 e. The van der Waals surface area contributed by atoms with E-state index < -0.39 is 11.9 Å². The molecule has 3 N–H and O–H groups in total. The van der Waals surface area contributed by atoms with Crippen LogP contribution in [0.1, 0.15) is 16.5 Å². The van der Waals surface area contributed by atoms with E-state index in [1.807, 2.05) is 17.5 Å². The molecule has 6 heteroatoms. The van der Waals surface area contributed by atoms with Gasteiger partial charge in [0.2, 0.25) is 0 Å². The Balaban J connectivity index is 0.00000144. The lowest BCUT2D eigenvalue weighted by Gasteiger charge is -2.13. The number of aromatic hydroxyl groups is 1. The van der Waals surface area contributed by atoms with Crippen LogP contribution in [0.5, 0.6) is 5.75 Å². The number of hydrogen-bond acceptors (Lipinski definition) is 3. The maximum Gasteiger partial charge on any atom is 0.141 e. The van der Waals surface area contributed by atoms with E-state index in [0.717, 1.165) is 4.88 Å². The number of hydrogen-bond donors (Lipinski definition) is 2. The quantitative estimate of drug-likeness (QED) is 0.874. The number of phenolic OH excluding ortho intramolecular Hbond substituents is 1. The summed E-state index contributed by atoms with van der Waals surface area (Å²) in [4.78, 5) is 0.925. The van der Waals surface area contributed by atoms with Crippen molar-refractivity contribution >= 4 is 39.7 Å². The molecular weight excluding hydrogens is 329 g/mol. The molecular formula is C11H10BrClFNOS. The second kappa shape index (κ2) is 5.82. The Bertz CT molecular complexity index is 506. The minimum atomic E-state index is -0.500. The van der Waals surface area contributed by atoms with Gasteiger partial charge in [-0.3, -0.25) is 0 Å². The predicted molar refractivity (Wildman–Crippen MR) is 73.4 cm³/mol. The summed E-state index contributed by atoms with van der Waals surface area (Å²) in [6, 6.07) is 6.12. The number of rotatable bonds is 2. The second-order valence-corrected chi connectivity index (χ2v) is 5.06. The summed E-state index contributed by atoms with van der Waals surface area (Å²) in [5.41, 5.74) is 6.50. The molecule has 0 bridgehead atoms. The van der Waals surface area contributed by atoms with Crippen molar-refractivity contribution < 1.29 is 9.50 Å². The largest absolute Gasteiger partial charge is 0.506 e. The van der Waals surface area contributed by atoms with Crippen molar-refractivity contribution in [1.82, 2.24) is 0 Å². The zero-order valence-electron chi connectivity index (χ0n) is 8.56. The summed E-state index contributed by atoms with van der Waals surface area (Å²) in [7, 11) is 0. The molecule has 0 unspecified atom stereocenters. The average Bonchev–Trinajstić information content (AvgIpc) is 2.79. The van der Waals surface area contributed by atoms with Gasteiger partial charge in [-0.25, -0.2) is 4.39 Å². The van der Waals surface area contributed by atoms with Gasteiger partial charge in [0.25, 0.3) is 0 Å². The van der Waals surface area contributed by atoms with Crippen molar-refractivity contribution in [3.8, 4) is 5.75 Å². The number of thiophene rings is 1. The topological polar surface area (TPSA) is 46.2 Å². The van der Waals surface area contributed by atoms with Gasteiger partial charge >= 0.3 is 0 Å². The van der Waals surface area contributed by atoms with Crippen LogP contribution in [0, 0.1) is 5.82 Å². The highest BCUT2D eigenvalue weighted by Gasteiger charge is 2.17. The van der Waals surface area contributed by atoms with Crippen LogP contribution in [0.4, 0.5) is 4.39 Å². The number of halogens is 3. The normalized spacial score (nSPS) is 11.9. The first-order valence-electron chi connectivity index (χ1n) is 4.57. The van der Waals surface area contributed by atoms with Gasteiger partial charge in [0.1, 0.15) is 11.6 Å². The van der Waals surface area contributed by atoms with Gasteiger partial charge in [-0.2, -0.15) is 0 Å². The molecule has 2 rings (SSSR count). The molecule has 1 heterocycles. The summed E-state index contributed by atoms with van der Waals surface area (Å²) in [6.45, 7) is 0. The summed E-state index contributed by atoms with van der Waals surface area (Å²) in [5.74, 6) is -0.638. The molecule has 92 valence electrons. The first-order chi connectivity index (χ1) is 7.61. The fraction of sp³-hybridized carbons (Fsp3) is 0.0909. The Hall–Kier alpha value is -0.620. The maximum atomic E-state index is 13.1. The average molecular weight is 339 g/mol. The molecule has 2 nitrogen and oxygen atoms in total. The Kier molecular flexibility index (Phi) is 4.94. The van der Waals surface area contributed by atoms with Crippen molar-refractivity contribution in [2.24, 2.45) is 5.73 Å². The Morgan fingerprint density at radius 1 is 1.35 bits per heavy atom. The predicted octanol–water partition coefficient (Wildman–Crippen LogP) is 3.83. The molecule has 0 spiro atoms. The van der Waals surface area contributed by atoms with E-state index >= 15 is 0 Å². The van der Waals surface area contributed by atoms with E-state index in [-0.39, 0.29) is 22.6 Å². The molecule has 0 radical (unpaired) electrons. The minimum Gasteiger partial charge on any atom is -0.506 e. The van der Waals surface area contributed by atoms with Crippen LogP contribution < -0.4 is 5.73 Å². The molecule has 1 aromatic carbocycles. The molecule has 0 aliphatic carbocycles. The minimum absolute atomic E-state index is 0. The van der Waals surface area contributed by atoms with Gasteiger partial charge in [-0.1, -0.05) is 12.1 Å². The number of nitrogens with two attached hydrogens (primary N) is 1. The third-order valence-electron chi connectivity index (χ3n) is 2.29. The molecule has 0 fully saturated rings. The van der Waals surface area contributed by atoms with Crippen molar-refractivity contribution in [3.05, 3.63) is 50.4 Å². The lowest BCUT2D eigenvalue weighted by atomic mass is 10.1. The summed E-state index contributed by atoms with van der Waals surface area (Å²) in [6.07, 6.45) is 0. The van der Waals surface area contributed by atoms with Crippen molar-refractivity contribution in [2.45, 2.75) is 6.04 Å². The second-order valence-electron chi connectivity index (χ2n) is 3.29. The van der Waals surface area contributed by atoms with Gasteiger partial charge < -0.3 is 10.8 Å². The third kappa shape index (κ3) is 2.80. The van der Waals surface area contributed by atoms with E-state index in [2.05, 4.69) is 15.9 Å². The monoisotopic (exact) mass is 337 g/mol. The van der Waals surface area contributed by atoms with Gasteiger partial charge in [0, 0.05) is 10.4 Å². The van der Waals surface area contributed by atoms with Crippen LogP contribution in [0.3, 0.4) is 0 Å². The molecule has 0 saturated carbocycles. The molecule has 2 aromatic rings. The zero-order chi connectivity index (χ0) is 11.7. The van der Waals surface area contributed by atoms with Crippen LogP contribution in [0.25, 0.3) is 0 Å². The van der Waals surface area contributed by atoms with Crippen LogP contribution >= 0.6 is 39.7 Å². The Morgan fingerprint density at radius 2 is 2.06 bits per heavy atom. The summed E-state index contributed by atoms with van der Waals surface area (Å²) in [5, 5.41) is 11.7. The lowest BCUT2D eigenvalue weighted by molar-refractivity contribution is 0.454. The highest BCUT2D eigenvalue weighted by Crippen LogP contribution is 2.36. The van der Waals surface area contributed by atoms with Crippen LogP contribution in [-0.2, 0) is 0 Å². The molecule has 1 atom stereocenters. The molecule has 17 heavy (non-hydrogen) atoms. The van der Waals surface area contributed by atoms with Crippen molar-refractivity contribution in [2.75, 3.05) is 0 Å². The number of benzene rings is 1. The van der Waals surface area contributed by atoms with Gasteiger partial charge in [0.05, 0.1) is 10.5 Å². The van der Waals surface area contributed by atoms with E-state index in [4.69, 9.17) is 5.73 Å². The first-order valence-corrected chi connectivity index (χ1v) is 6.24. The Labute approximate surface area is 117 Å². The molecule has 1 aromatic heterocycles. The highest BCUT2D eigenvalue weighted by molar-refractivity contribution is 9.10. The van der Waals surface area contributed by atoms with Crippen molar-refractivity contribution in [1.29, 1.82) is 0 Å². The van der Waals surface area contributed by atoms with Crippen LogP contribution in [0.15, 0.2) is 34.1 Å². The first kappa shape index (κ1) is 14.4. The van der Waals surface area contributed by atoms with E-state index in [0.29, 0.717) is 5.56 Å². The molecule has 0 aliphatic rings. The third-order valence-corrected chi connectivity index (χ3v) is 3.99. The fourth-order valence-electron chi connectivity index (χ4n) is 1.43. The molecule has 0 amide bonds. The van der Waals surface area contributed by atoms with E-state index in [9.17, 15) is 9.50 Å². The van der Waals surface area contributed by atoms with Gasteiger partial charge in [-0.15, -0.1) is 23.7 Å². The summed E-state index contributed by atoms with van der Waals surface area (Å²) < 4.78 is 13.2. The molecule has 0 saturated heterocycles. The Morgan fingerprint density at radius 3 is 2.65 bits per heavy atom. The highest BCUT2D eigenvalue weighted by atomic mass is 79.9. The van der Waals surface area contributed by atoms with Crippen LogP contribution in [0.2, 0.25) is 0 Å². The zero-order valence-corrected chi connectivity index (χ0v) is 11.8. The van der Waals surface area contributed by atoms with Gasteiger partial charge in [0.15, 0.2) is 0 Å². The van der Waals surface area contributed by atoms with E-state index in [1.165, 1.54) is 23.5 Å². The molecule has 0 aliphatic heterocycles.